The molecule has 0 aliphatic carbocycles. The molecule has 1 aliphatic rings. The van der Waals surface area contributed by atoms with Gasteiger partial charge in [0.05, 0.1) is 6.61 Å². The highest BCUT2D eigenvalue weighted by Gasteiger charge is 2.54. The smallest absolute Gasteiger partial charge is 0.410 e. The third-order valence-corrected chi connectivity index (χ3v) is 5.52. The molecule has 1 N–H and O–H groups in total. The van der Waals surface area contributed by atoms with Gasteiger partial charge < -0.3 is 4.74 Å². The first kappa shape index (κ1) is 22.4. The van der Waals surface area contributed by atoms with E-state index in [1.807, 2.05) is 0 Å². The molecule has 1 aliphatic heterocycles. The molecule has 4 nitrogen and oxygen atoms in total. The summed E-state index contributed by atoms with van der Waals surface area (Å²) in [6.45, 7) is 5.73. The van der Waals surface area contributed by atoms with Crippen LogP contribution in [-0.2, 0) is 4.79 Å². The van der Waals surface area contributed by atoms with Crippen molar-refractivity contribution in [3.63, 3.8) is 0 Å². The fraction of sp³-hybridized carbons (Fsp3) is 0.522. The average Bonchev–Trinajstić information content (AvgIpc) is 2.93. The van der Waals surface area contributed by atoms with E-state index in [0.717, 1.165) is 30.7 Å². The summed E-state index contributed by atoms with van der Waals surface area (Å²) in [5.41, 5.74) is 1.50. The van der Waals surface area contributed by atoms with Crippen molar-refractivity contribution in [2.45, 2.75) is 70.6 Å². The number of nitrogens with one attached hydrogen (secondary N) is 1. The Labute approximate surface area is 175 Å². The van der Waals surface area contributed by atoms with Crippen LogP contribution in [0, 0.1) is 0 Å². The SMILES string of the molecule is CCCCCCOc1ccc2ccccc2c1C(N1NC(=O)CC1(C)C)C(F)(F)F. The number of hydrogen-bond donors (Lipinski definition) is 1. The highest BCUT2D eigenvalue weighted by Crippen LogP contribution is 2.48. The normalized spacial score (nSPS) is 17.9. The Morgan fingerprint density at radius 2 is 1.87 bits per heavy atom. The Balaban J connectivity index is 2.09. The number of hydrazine groups is 1. The van der Waals surface area contributed by atoms with Crippen LogP contribution in [0.1, 0.15) is 64.5 Å². The second-order valence-electron chi connectivity index (χ2n) is 8.45. The number of unbranched alkanes of at least 4 members (excludes halogenated alkanes) is 3. The van der Waals surface area contributed by atoms with Gasteiger partial charge in [0.2, 0.25) is 5.91 Å². The van der Waals surface area contributed by atoms with Gasteiger partial charge in [0.25, 0.3) is 0 Å². The molecule has 0 bridgehead atoms. The summed E-state index contributed by atoms with van der Waals surface area (Å²) in [6.07, 6.45) is -0.731. The number of amides is 1. The highest BCUT2D eigenvalue weighted by atomic mass is 19.4. The summed E-state index contributed by atoms with van der Waals surface area (Å²) in [6, 6.07) is 8.35. The first-order chi connectivity index (χ1) is 14.1. The van der Waals surface area contributed by atoms with Gasteiger partial charge >= 0.3 is 6.18 Å². The van der Waals surface area contributed by atoms with Crippen molar-refractivity contribution >= 4 is 16.7 Å². The monoisotopic (exact) mass is 422 g/mol. The van der Waals surface area contributed by atoms with Crippen LogP contribution in [0.15, 0.2) is 36.4 Å². The number of rotatable bonds is 8. The number of nitrogens with zero attached hydrogens (tertiary/aromatic N) is 1. The maximum atomic E-state index is 14.5. The van der Waals surface area contributed by atoms with Crippen LogP contribution < -0.4 is 10.2 Å². The number of ether oxygens (including phenoxy) is 1. The van der Waals surface area contributed by atoms with Gasteiger partial charge in [0, 0.05) is 17.5 Å². The molecule has 1 fully saturated rings. The van der Waals surface area contributed by atoms with Crippen molar-refractivity contribution in [1.82, 2.24) is 10.4 Å². The van der Waals surface area contributed by atoms with Crippen LogP contribution in [-0.4, -0.2) is 29.2 Å². The molecule has 1 heterocycles. The number of carbonyl (C=O) groups excluding carboxylic acids is 1. The zero-order valence-electron chi connectivity index (χ0n) is 17.7. The number of halogens is 3. The minimum atomic E-state index is -4.61. The van der Waals surface area contributed by atoms with E-state index >= 15 is 0 Å². The van der Waals surface area contributed by atoms with Crippen molar-refractivity contribution in [3.05, 3.63) is 42.0 Å². The van der Waals surface area contributed by atoms with Crippen LogP contribution >= 0.6 is 0 Å². The van der Waals surface area contributed by atoms with E-state index in [-0.39, 0.29) is 17.7 Å². The van der Waals surface area contributed by atoms with Crippen LogP contribution in [0.2, 0.25) is 0 Å². The number of benzene rings is 2. The van der Waals surface area contributed by atoms with Crippen molar-refractivity contribution in [2.75, 3.05) is 6.61 Å². The lowest BCUT2D eigenvalue weighted by Gasteiger charge is -2.38. The number of fused-ring (bicyclic) bond motifs is 1. The van der Waals surface area contributed by atoms with Gasteiger partial charge in [-0.15, -0.1) is 0 Å². The Morgan fingerprint density at radius 3 is 2.50 bits per heavy atom. The zero-order valence-corrected chi connectivity index (χ0v) is 17.7. The Bertz CT molecular complexity index is 896. The maximum Gasteiger partial charge on any atom is 0.410 e. The summed E-state index contributed by atoms with van der Waals surface area (Å²) in [7, 11) is 0. The van der Waals surface area contributed by atoms with E-state index in [2.05, 4.69) is 12.3 Å². The van der Waals surface area contributed by atoms with Gasteiger partial charge in [-0.05, 0) is 37.1 Å². The van der Waals surface area contributed by atoms with Crippen LogP contribution in [0.3, 0.4) is 0 Å². The Kier molecular flexibility index (Phi) is 6.60. The topological polar surface area (TPSA) is 41.6 Å². The summed E-state index contributed by atoms with van der Waals surface area (Å²) in [5.74, 6) is -0.207. The van der Waals surface area contributed by atoms with Crippen molar-refractivity contribution in [2.24, 2.45) is 0 Å². The van der Waals surface area contributed by atoms with Gasteiger partial charge in [-0.2, -0.15) is 18.2 Å². The molecular weight excluding hydrogens is 393 g/mol. The molecule has 1 atom stereocenters. The van der Waals surface area contributed by atoms with Gasteiger partial charge in [0.15, 0.2) is 6.04 Å². The van der Waals surface area contributed by atoms with Crippen molar-refractivity contribution < 1.29 is 22.7 Å². The molecule has 7 heteroatoms. The lowest BCUT2D eigenvalue weighted by Crippen LogP contribution is -2.51. The van der Waals surface area contributed by atoms with Crippen LogP contribution in [0.25, 0.3) is 10.8 Å². The summed E-state index contributed by atoms with van der Waals surface area (Å²) < 4.78 is 49.3. The van der Waals surface area contributed by atoms with Gasteiger partial charge in [-0.1, -0.05) is 56.5 Å². The quantitative estimate of drug-likeness (QED) is 0.537. The molecular formula is C23H29F3N2O2. The third-order valence-electron chi connectivity index (χ3n) is 5.52. The summed E-state index contributed by atoms with van der Waals surface area (Å²) >= 11 is 0. The molecule has 1 amide bonds. The summed E-state index contributed by atoms with van der Waals surface area (Å²) in [5, 5.41) is 2.22. The number of hydrogen-bond acceptors (Lipinski definition) is 3. The first-order valence-electron chi connectivity index (χ1n) is 10.4. The van der Waals surface area contributed by atoms with E-state index in [1.54, 1.807) is 50.2 Å². The van der Waals surface area contributed by atoms with E-state index in [1.165, 1.54) is 0 Å². The molecule has 30 heavy (non-hydrogen) atoms. The summed E-state index contributed by atoms with van der Waals surface area (Å²) in [4.78, 5) is 12.0. The lowest BCUT2D eigenvalue weighted by atomic mass is 9.93. The molecule has 1 unspecified atom stereocenters. The standard InChI is InChI=1S/C23H29F3N2O2/c1-4-5-6-9-14-30-18-13-12-16-10-7-8-11-17(16)20(18)21(23(24,25)26)28-22(2,3)15-19(29)27-28/h7-8,10-13,21H,4-6,9,14-15H2,1-3H3,(H,27,29). The van der Waals surface area contributed by atoms with E-state index < -0.39 is 23.7 Å². The third kappa shape index (κ3) is 4.72. The lowest BCUT2D eigenvalue weighted by molar-refractivity contribution is -0.203. The maximum absolute atomic E-state index is 14.5. The van der Waals surface area contributed by atoms with Crippen molar-refractivity contribution in [1.29, 1.82) is 0 Å². The molecule has 3 rings (SSSR count). The highest BCUT2D eigenvalue weighted by molar-refractivity contribution is 5.88. The first-order valence-corrected chi connectivity index (χ1v) is 10.4. The van der Waals surface area contributed by atoms with Crippen LogP contribution in [0.4, 0.5) is 13.2 Å². The van der Waals surface area contributed by atoms with E-state index in [4.69, 9.17) is 4.74 Å². The van der Waals surface area contributed by atoms with E-state index in [9.17, 15) is 18.0 Å². The minimum absolute atomic E-state index is 0.00243. The zero-order chi connectivity index (χ0) is 21.9. The average molecular weight is 422 g/mol. The largest absolute Gasteiger partial charge is 0.493 e. The van der Waals surface area contributed by atoms with Crippen LogP contribution in [0.5, 0.6) is 5.75 Å². The molecule has 0 aromatic heterocycles. The second kappa shape index (κ2) is 8.84. The molecule has 0 spiro atoms. The van der Waals surface area contributed by atoms with E-state index in [0.29, 0.717) is 17.4 Å². The Morgan fingerprint density at radius 1 is 1.13 bits per heavy atom. The molecule has 2 aromatic carbocycles. The molecule has 0 saturated carbocycles. The minimum Gasteiger partial charge on any atom is -0.493 e. The molecule has 0 radical (unpaired) electrons. The fourth-order valence-electron chi connectivity index (χ4n) is 4.05. The van der Waals surface area contributed by atoms with Gasteiger partial charge in [0.1, 0.15) is 5.75 Å². The molecule has 2 aromatic rings. The van der Waals surface area contributed by atoms with Gasteiger partial charge in [-0.25, -0.2) is 0 Å². The Hall–Kier alpha value is -2.28. The van der Waals surface area contributed by atoms with Gasteiger partial charge in [-0.3, -0.25) is 10.2 Å². The van der Waals surface area contributed by atoms with Crippen molar-refractivity contribution in [3.8, 4) is 5.75 Å². The fourth-order valence-corrected chi connectivity index (χ4v) is 4.05. The number of alkyl halides is 3. The molecule has 1 saturated heterocycles. The second-order valence-corrected chi connectivity index (χ2v) is 8.45. The predicted molar refractivity (Wildman–Crippen MR) is 111 cm³/mol. The molecule has 164 valence electrons. The predicted octanol–water partition coefficient (Wildman–Crippen LogP) is 5.92. The number of carbonyl (C=O) groups is 1.